The van der Waals surface area contributed by atoms with E-state index < -0.39 is 10.0 Å². The molecule has 1 N–H and O–H groups in total. The SMILES string of the molecule is Cc1cccc(CS(=O)(=O)Nc2ccccc2-c2csc(-c3ccccc3F)n2)c1. The molecule has 0 atom stereocenters. The van der Waals surface area contributed by atoms with Crippen LogP contribution < -0.4 is 4.72 Å². The van der Waals surface area contributed by atoms with Gasteiger partial charge in [0.25, 0.3) is 0 Å². The number of benzene rings is 3. The average molecular weight is 439 g/mol. The highest BCUT2D eigenvalue weighted by Gasteiger charge is 2.17. The van der Waals surface area contributed by atoms with Gasteiger partial charge >= 0.3 is 0 Å². The number of hydrogen-bond acceptors (Lipinski definition) is 4. The Morgan fingerprint density at radius 1 is 0.967 bits per heavy atom. The molecule has 0 amide bonds. The van der Waals surface area contributed by atoms with Gasteiger partial charge in [-0.3, -0.25) is 4.72 Å². The van der Waals surface area contributed by atoms with Crippen LogP contribution in [0.25, 0.3) is 21.8 Å². The van der Waals surface area contributed by atoms with Crippen LogP contribution in [0.5, 0.6) is 0 Å². The lowest BCUT2D eigenvalue weighted by Crippen LogP contribution is -2.15. The topological polar surface area (TPSA) is 59.1 Å². The third-order valence-electron chi connectivity index (χ3n) is 4.52. The second-order valence-corrected chi connectivity index (χ2v) is 9.49. The van der Waals surface area contributed by atoms with E-state index in [1.165, 1.54) is 17.4 Å². The summed E-state index contributed by atoms with van der Waals surface area (Å²) in [7, 11) is -3.62. The van der Waals surface area contributed by atoms with E-state index >= 15 is 0 Å². The van der Waals surface area contributed by atoms with E-state index in [0.717, 1.165) is 11.1 Å². The zero-order valence-corrected chi connectivity index (χ0v) is 17.8. The van der Waals surface area contributed by atoms with E-state index in [1.807, 2.05) is 31.2 Å². The molecule has 30 heavy (non-hydrogen) atoms. The Morgan fingerprint density at radius 3 is 2.47 bits per heavy atom. The van der Waals surface area contributed by atoms with Gasteiger partial charge in [-0.1, -0.05) is 60.2 Å². The predicted molar refractivity (Wildman–Crippen MR) is 120 cm³/mol. The number of thiazole rings is 1. The number of aromatic nitrogens is 1. The van der Waals surface area contributed by atoms with Crippen LogP contribution in [0.2, 0.25) is 0 Å². The van der Waals surface area contributed by atoms with Crippen LogP contribution in [0.3, 0.4) is 0 Å². The maximum absolute atomic E-state index is 14.1. The molecule has 1 aromatic heterocycles. The quantitative estimate of drug-likeness (QED) is 0.410. The van der Waals surface area contributed by atoms with E-state index in [2.05, 4.69) is 9.71 Å². The zero-order chi connectivity index (χ0) is 21.1. The first-order chi connectivity index (χ1) is 14.4. The number of halogens is 1. The summed E-state index contributed by atoms with van der Waals surface area (Å²) in [5.41, 5.74) is 3.82. The summed E-state index contributed by atoms with van der Waals surface area (Å²) in [5.74, 6) is -0.467. The number of anilines is 1. The molecule has 0 radical (unpaired) electrons. The summed E-state index contributed by atoms with van der Waals surface area (Å²) < 4.78 is 42.3. The zero-order valence-electron chi connectivity index (χ0n) is 16.2. The molecule has 0 aliphatic carbocycles. The van der Waals surface area contributed by atoms with Crippen molar-refractivity contribution >= 4 is 27.0 Å². The lowest BCUT2D eigenvalue weighted by atomic mass is 10.1. The summed E-state index contributed by atoms with van der Waals surface area (Å²) >= 11 is 1.31. The Hall–Kier alpha value is -3.03. The number of aryl methyl sites for hydroxylation is 1. The molecule has 0 spiro atoms. The monoisotopic (exact) mass is 438 g/mol. The van der Waals surface area contributed by atoms with Gasteiger partial charge in [-0.2, -0.15) is 0 Å². The molecule has 0 fully saturated rings. The molecule has 4 aromatic rings. The van der Waals surface area contributed by atoms with Crippen molar-refractivity contribution in [2.75, 3.05) is 4.72 Å². The molecule has 4 nitrogen and oxygen atoms in total. The highest BCUT2D eigenvalue weighted by molar-refractivity contribution is 7.91. The maximum Gasteiger partial charge on any atom is 0.236 e. The first kappa shape index (κ1) is 20.3. The first-order valence-electron chi connectivity index (χ1n) is 9.27. The van der Waals surface area contributed by atoms with Gasteiger partial charge in [0.1, 0.15) is 10.8 Å². The van der Waals surface area contributed by atoms with Crippen LogP contribution in [-0.4, -0.2) is 13.4 Å². The number of nitrogens with zero attached hydrogens (tertiary/aromatic N) is 1. The highest BCUT2D eigenvalue weighted by Crippen LogP contribution is 2.34. The molecule has 0 bridgehead atoms. The molecule has 0 saturated heterocycles. The lowest BCUT2D eigenvalue weighted by molar-refractivity contribution is 0.600. The average Bonchev–Trinajstić information content (AvgIpc) is 3.18. The minimum absolute atomic E-state index is 0.124. The molecule has 0 unspecified atom stereocenters. The summed E-state index contributed by atoms with van der Waals surface area (Å²) in [6, 6.07) is 20.9. The Kier molecular flexibility index (Phi) is 5.65. The number of rotatable bonds is 6. The Morgan fingerprint density at radius 2 is 1.70 bits per heavy atom. The highest BCUT2D eigenvalue weighted by atomic mass is 32.2. The largest absolute Gasteiger partial charge is 0.283 e. The van der Waals surface area contributed by atoms with Crippen molar-refractivity contribution in [3.8, 4) is 21.8 Å². The van der Waals surface area contributed by atoms with E-state index in [9.17, 15) is 12.8 Å². The van der Waals surface area contributed by atoms with Crippen LogP contribution in [-0.2, 0) is 15.8 Å². The molecule has 4 rings (SSSR count). The molecule has 0 aliphatic rings. The number of hydrogen-bond donors (Lipinski definition) is 1. The van der Waals surface area contributed by atoms with E-state index in [4.69, 9.17) is 0 Å². The standard InChI is InChI=1S/C23H19FN2O2S2/c1-16-7-6-8-17(13-16)15-30(27,28)26-21-12-5-3-10-19(21)22-14-29-23(25-22)18-9-2-4-11-20(18)24/h2-14,26H,15H2,1H3. The number of sulfonamides is 1. The molecule has 0 aliphatic heterocycles. The second-order valence-electron chi connectivity index (χ2n) is 6.91. The van der Waals surface area contributed by atoms with Crippen LogP contribution in [0.4, 0.5) is 10.1 Å². The van der Waals surface area contributed by atoms with Crippen molar-refractivity contribution in [3.05, 3.63) is 95.1 Å². The fourth-order valence-electron chi connectivity index (χ4n) is 3.18. The Bertz CT molecular complexity index is 1300. The first-order valence-corrected chi connectivity index (χ1v) is 11.8. The van der Waals surface area contributed by atoms with Crippen LogP contribution in [0, 0.1) is 12.7 Å². The third kappa shape index (κ3) is 4.58. The minimum atomic E-state index is -3.62. The molecule has 0 saturated carbocycles. The van der Waals surface area contributed by atoms with E-state index in [-0.39, 0.29) is 11.6 Å². The Labute approximate surface area is 179 Å². The van der Waals surface area contributed by atoms with E-state index in [0.29, 0.717) is 27.5 Å². The van der Waals surface area contributed by atoms with Crippen molar-refractivity contribution in [1.82, 2.24) is 4.98 Å². The normalized spacial score (nSPS) is 11.4. The number of para-hydroxylation sites is 1. The van der Waals surface area contributed by atoms with Gasteiger partial charge in [-0.15, -0.1) is 11.3 Å². The number of nitrogens with one attached hydrogen (secondary N) is 1. The van der Waals surface area contributed by atoms with Gasteiger partial charge in [-0.05, 0) is 30.7 Å². The van der Waals surface area contributed by atoms with Crippen LogP contribution >= 0.6 is 11.3 Å². The summed E-state index contributed by atoms with van der Waals surface area (Å²) in [5, 5.41) is 2.34. The Balaban J connectivity index is 1.63. The molecule has 152 valence electrons. The molecular formula is C23H19FN2O2S2. The fourth-order valence-corrected chi connectivity index (χ4v) is 5.23. The summed E-state index contributed by atoms with van der Waals surface area (Å²) in [4.78, 5) is 4.54. The van der Waals surface area contributed by atoms with Crippen molar-refractivity contribution in [2.45, 2.75) is 12.7 Å². The summed E-state index contributed by atoms with van der Waals surface area (Å²) in [6.07, 6.45) is 0. The van der Waals surface area contributed by atoms with Gasteiger partial charge in [0.15, 0.2) is 0 Å². The van der Waals surface area contributed by atoms with Crippen molar-refractivity contribution in [3.63, 3.8) is 0 Å². The van der Waals surface area contributed by atoms with Crippen molar-refractivity contribution in [2.24, 2.45) is 0 Å². The molecule has 1 heterocycles. The van der Waals surface area contributed by atoms with E-state index in [1.54, 1.807) is 47.8 Å². The van der Waals surface area contributed by atoms with Crippen LogP contribution in [0.1, 0.15) is 11.1 Å². The molecule has 7 heteroatoms. The minimum Gasteiger partial charge on any atom is -0.283 e. The second kappa shape index (κ2) is 8.38. The van der Waals surface area contributed by atoms with Gasteiger partial charge in [0.2, 0.25) is 10.0 Å². The van der Waals surface area contributed by atoms with Crippen molar-refractivity contribution in [1.29, 1.82) is 0 Å². The van der Waals surface area contributed by atoms with Crippen LogP contribution in [0.15, 0.2) is 78.2 Å². The van der Waals surface area contributed by atoms with Crippen molar-refractivity contribution < 1.29 is 12.8 Å². The van der Waals surface area contributed by atoms with Gasteiger partial charge in [0, 0.05) is 16.5 Å². The fraction of sp³-hybridized carbons (Fsp3) is 0.0870. The van der Waals surface area contributed by atoms with Gasteiger partial charge < -0.3 is 0 Å². The maximum atomic E-state index is 14.1. The lowest BCUT2D eigenvalue weighted by Gasteiger charge is -2.12. The molecular weight excluding hydrogens is 419 g/mol. The van der Waals surface area contributed by atoms with Gasteiger partial charge in [0.05, 0.1) is 17.1 Å². The third-order valence-corrected chi connectivity index (χ3v) is 6.64. The predicted octanol–water partition coefficient (Wildman–Crippen LogP) is 5.87. The molecule has 3 aromatic carbocycles. The van der Waals surface area contributed by atoms with Gasteiger partial charge in [-0.25, -0.2) is 17.8 Å². The smallest absolute Gasteiger partial charge is 0.236 e. The summed E-state index contributed by atoms with van der Waals surface area (Å²) in [6.45, 7) is 1.92.